The molecule has 0 spiro atoms. The van der Waals surface area contributed by atoms with E-state index in [0.717, 1.165) is 6.54 Å². The van der Waals surface area contributed by atoms with E-state index in [1.54, 1.807) is 23.7 Å². The van der Waals surface area contributed by atoms with E-state index in [4.69, 9.17) is 0 Å². The van der Waals surface area contributed by atoms with Gasteiger partial charge in [-0.1, -0.05) is 0 Å². The molecule has 7 heteroatoms. The molecule has 2 heterocycles. The number of hydrogen-bond acceptors (Lipinski definition) is 5. The molecule has 1 aromatic heterocycles. The average molecular weight is 296 g/mol. The van der Waals surface area contributed by atoms with Crippen LogP contribution in [-0.4, -0.2) is 65.4 Å². The van der Waals surface area contributed by atoms with Crippen LogP contribution in [0, 0.1) is 0 Å². The minimum atomic E-state index is -0.439. The van der Waals surface area contributed by atoms with E-state index in [-0.39, 0.29) is 11.8 Å². The highest BCUT2D eigenvalue weighted by Crippen LogP contribution is 2.18. The fraction of sp³-hybridized carbons (Fsp3) is 0.615. The van der Waals surface area contributed by atoms with Gasteiger partial charge in [0.25, 0.3) is 5.91 Å². The smallest absolute Gasteiger partial charge is 0.266 e. The molecule has 0 unspecified atom stereocenters. The van der Waals surface area contributed by atoms with Gasteiger partial charge < -0.3 is 10.2 Å². The third-order valence-electron chi connectivity index (χ3n) is 3.60. The number of nitrogens with zero attached hydrogens (tertiary/aromatic N) is 3. The average Bonchev–Trinajstić information content (AvgIpc) is 2.99. The first-order valence-corrected chi connectivity index (χ1v) is 7.57. The summed E-state index contributed by atoms with van der Waals surface area (Å²) in [4.78, 5) is 32.9. The molecule has 0 bridgehead atoms. The fourth-order valence-electron chi connectivity index (χ4n) is 2.37. The van der Waals surface area contributed by atoms with Crippen molar-refractivity contribution in [2.75, 3.05) is 26.7 Å². The highest BCUT2D eigenvalue weighted by molar-refractivity contribution is 7.11. The molecule has 0 aliphatic carbocycles. The number of piperazine rings is 1. The molecule has 1 aliphatic rings. The van der Waals surface area contributed by atoms with Gasteiger partial charge in [-0.3, -0.25) is 19.5 Å². The number of carbonyl (C=O) groups is 2. The summed E-state index contributed by atoms with van der Waals surface area (Å²) >= 11 is 1.31. The number of likely N-dealkylation sites (N-methyl/N-ethyl adjacent to an activating group) is 1. The molecule has 0 saturated carbocycles. The lowest BCUT2D eigenvalue weighted by atomic mass is 10.1. The second-order valence-electron chi connectivity index (χ2n) is 5.08. The minimum absolute atomic E-state index is 0.107. The van der Waals surface area contributed by atoms with E-state index >= 15 is 0 Å². The van der Waals surface area contributed by atoms with Gasteiger partial charge in [-0.2, -0.15) is 0 Å². The molecule has 2 amide bonds. The first-order chi connectivity index (χ1) is 9.54. The van der Waals surface area contributed by atoms with Crippen LogP contribution < -0.4 is 5.32 Å². The van der Waals surface area contributed by atoms with Crippen molar-refractivity contribution in [1.82, 2.24) is 20.1 Å². The molecule has 1 saturated heterocycles. The molecule has 1 aliphatic heterocycles. The molecule has 0 aromatic carbocycles. The predicted molar refractivity (Wildman–Crippen MR) is 77.7 cm³/mol. The first kappa shape index (κ1) is 14.9. The second kappa shape index (κ2) is 6.32. The standard InChI is InChI=1S/C13H20N4O2S/c1-9(2)16-4-5-17(10(7-16)12(18)14-3)13(19)11-6-15-8-20-11/h6,8-10H,4-5,7H2,1-3H3,(H,14,18)/t10-/m1/s1. The van der Waals surface area contributed by atoms with Gasteiger partial charge in [-0.15, -0.1) is 11.3 Å². The fourth-order valence-corrected chi connectivity index (χ4v) is 2.95. The summed E-state index contributed by atoms with van der Waals surface area (Å²) in [6.07, 6.45) is 1.56. The summed E-state index contributed by atoms with van der Waals surface area (Å²) in [6, 6.07) is -0.0754. The summed E-state index contributed by atoms with van der Waals surface area (Å²) in [7, 11) is 1.60. The maximum atomic E-state index is 12.5. The molecule has 1 N–H and O–H groups in total. The van der Waals surface area contributed by atoms with Gasteiger partial charge in [0.1, 0.15) is 10.9 Å². The predicted octanol–water partition coefficient (Wildman–Crippen LogP) is 0.424. The Morgan fingerprint density at radius 2 is 2.20 bits per heavy atom. The Hall–Kier alpha value is -1.47. The SMILES string of the molecule is CNC(=O)[C@H]1CN(C(C)C)CCN1C(=O)c1cncs1. The van der Waals surface area contributed by atoms with Gasteiger partial charge >= 0.3 is 0 Å². The molecule has 6 nitrogen and oxygen atoms in total. The van der Waals surface area contributed by atoms with Crippen LogP contribution in [0.4, 0.5) is 0 Å². The van der Waals surface area contributed by atoms with Gasteiger partial charge in [-0.25, -0.2) is 0 Å². The molecule has 0 radical (unpaired) electrons. The second-order valence-corrected chi connectivity index (χ2v) is 5.97. The summed E-state index contributed by atoms with van der Waals surface area (Å²) in [6.45, 7) is 6.12. The Morgan fingerprint density at radius 1 is 1.45 bits per heavy atom. The topological polar surface area (TPSA) is 65.5 Å². The van der Waals surface area contributed by atoms with Crippen molar-refractivity contribution < 1.29 is 9.59 Å². The quantitative estimate of drug-likeness (QED) is 0.878. The highest BCUT2D eigenvalue weighted by Gasteiger charge is 2.36. The number of nitrogens with one attached hydrogen (secondary N) is 1. The van der Waals surface area contributed by atoms with Crippen LogP contribution in [0.1, 0.15) is 23.5 Å². The van der Waals surface area contributed by atoms with Crippen molar-refractivity contribution in [3.63, 3.8) is 0 Å². The lowest BCUT2D eigenvalue weighted by Crippen LogP contribution is -2.61. The molecule has 2 rings (SSSR count). The van der Waals surface area contributed by atoms with Crippen LogP contribution in [0.5, 0.6) is 0 Å². The molecule has 20 heavy (non-hydrogen) atoms. The molecule has 1 aromatic rings. The monoisotopic (exact) mass is 296 g/mol. The molecule has 1 atom stereocenters. The number of carbonyl (C=O) groups excluding carboxylic acids is 2. The van der Waals surface area contributed by atoms with Gasteiger partial charge in [0, 0.05) is 32.7 Å². The number of amides is 2. The van der Waals surface area contributed by atoms with Crippen LogP contribution in [-0.2, 0) is 4.79 Å². The third kappa shape index (κ3) is 2.99. The highest BCUT2D eigenvalue weighted by atomic mass is 32.1. The zero-order valence-electron chi connectivity index (χ0n) is 12.0. The van der Waals surface area contributed by atoms with Crippen molar-refractivity contribution in [2.45, 2.75) is 25.9 Å². The van der Waals surface area contributed by atoms with Gasteiger partial charge in [0.2, 0.25) is 5.91 Å². The molecular weight excluding hydrogens is 276 g/mol. The van der Waals surface area contributed by atoms with Crippen LogP contribution in [0.25, 0.3) is 0 Å². The van der Waals surface area contributed by atoms with Crippen molar-refractivity contribution in [2.24, 2.45) is 0 Å². The largest absolute Gasteiger partial charge is 0.357 e. The number of rotatable bonds is 3. The Kier molecular flexibility index (Phi) is 4.72. The van der Waals surface area contributed by atoms with E-state index < -0.39 is 6.04 Å². The van der Waals surface area contributed by atoms with E-state index in [2.05, 4.69) is 29.0 Å². The van der Waals surface area contributed by atoms with Gasteiger partial charge in [0.05, 0.1) is 11.7 Å². The van der Waals surface area contributed by atoms with Crippen LogP contribution in [0.3, 0.4) is 0 Å². The number of aromatic nitrogens is 1. The van der Waals surface area contributed by atoms with Crippen LogP contribution in [0.15, 0.2) is 11.7 Å². The van der Waals surface area contributed by atoms with Gasteiger partial charge in [0.15, 0.2) is 0 Å². The Morgan fingerprint density at radius 3 is 2.75 bits per heavy atom. The van der Waals surface area contributed by atoms with E-state index in [1.807, 2.05) is 0 Å². The third-order valence-corrected chi connectivity index (χ3v) is 4.36. The summed E-state index contributed by atoms with van der Waals surface area (Å²) in [5, 5.41) is 2.65. The Bertz CT molecular complexity index is 475. The van der Waals surface area contributed by atoms with E-state index in [9.17, 15) is 9.59 Å². The normalized spacial score (nSPS) is 20.2. The molecular formula is C13H20N4O2S. The first-order valence-electron chi connectivity index (χ1n) is 6.69. The maximum absolute atomic E-state index is 12.5. The van der Waals surface area contributed by atoms with E-state index in [0.29, 0.717) is 24.0 Å². The maximum Gasteiger partial charge on any atom is 0.266 e. The lowest BCUT2D eigenvalue weighted by molar-refractivity contribution is -0.127. The van der Waals surface area contributed by atoms with Crippen molar-refractivity contribution in [3.8, 4) is 0 Å². The zero-order valence-corrected chi connectivity index (χ0v) is 12.8. The molecule has 110 valence electrons. The van der Waals surface area contributed by atoms with Crippen molar-refractivity contribution >= 4 is 23.2 Å². The van der Waals surface area contributed by atoms with Crippen LogP contribution in [0.2, 0.25) is 0 Å². The minimum Gasteiger partial charge on any atom is -0.357 e. The van der Waals surface area contributed by atoms with E-state index in [1.165, 1.54) is 11.3 Å². The molecule has 1 fully saturated rings. The Labute approximate surface area is 122 Å². The summed E-state index contributed by atoms with van der Waals surface area (Å²) in [5.74, 6) is -0.224. The van der Waals surface area contributed by atoms with Crippen molar-refractivity contribution in [1.29, 1.82) is 0 Å². The number of hydrogen-bond donors (Lipinski definition) is 1. The zero-order chi connectivity index (χ0) is 14.7. The van der Waals surface area contributed by atoms with Gasteiger partial charge in [-0.05, 0) is 13.8 Å². The van der Waals surface area contributed by atoms with Crippen molar-refractivity contribution in [3.05, 3.63) is 16.6 Å². The lowest BCUT2D eigenvalue weighted by Gasteiger charge is -2.41. The van der Waals surface area contributed by atoms with Crippen LogP contribution >= 0.6 is 11.3 Å². The summed E-state index contributed by atoms with van der Waals surface area (Å²) < 4.78 is 0. The number of thiazole rings is 1. The Balaban J connectivity index is 2.18. The summed E-state index contributed by atoms with van der Waals surface area (Å²) in [5.41, 5.74) is 1.63.